The molecule has 0 saturated heterocycles. The van der Waals surface area contributed by atoms with Crippen LogP contribution < -0.4 is 0 Å². The van der Waals surface area contributed by atoms with Gasteiger partial charge in [-0.3, -0.25) is 0 Å². The SMILES string of the molecule is CCC(O)(Cc1ccc2c(c1)CCC2)C(C)C. The fourth-order valence-corrected chi connectivity index (χ4v) is 2.83. The number of aliphatic hydroxyl groups is 1. The van der Waals surface area contributed by atoms with E-state index < -0.39 is 5.60 Å². The van der Waals surface area contributed by atoms with E-state index in [2.05, 4.69) is 39.0 Å². The highest BCUT2D eigenvalue weighted by Crippen LogP contribution is 2.28. The Morgan fingerprint density at radius 3 is 2.59 bits per heavy atom. The van der Waals surface area contributed by atoms with Gasteiger partial charge in [0.2, 0.25) is 0 Å². The predicted molar refractivity (Wildman–Crippen MR) is 72.2 cm³/mol. The van der Waals surface area contributed by atoms with Gasteiger partial charge in [-0.2, -0.15) is 0 Å². The number of rotatable bonds is 4. The van der Waals surface area contributed by atoms with Crippen molar-refractivity contribution in [2.75, 3.05) is 0 Å². The van der Waals surface area contributed by atoms with Crippen molar-refractivity contribution in [3.8, 4) is 0 Å². The van der Waals surface area contributed by atoms with Gasteiger partial charge < -0.3 is 5.11 Å². The van der Waals surface area contributed by atoms with Crippen LogP contribution in [0.2, 0.25) is 0 Å². The minimum absolute atomic E-state index is 0.306. The lowest BCUT2D eigenvalue weighted by atomic mass is 9.82. The maximum Gasteiger partial charge on any atom is 0.0708 e. The summed E-state index contributed by atoms with van der Waals surface area (Å²) in [5, 5.41) is 10.6. The normalized spacial score (nSPS) is 18.2. The summed E-state index contributed by atoms with van der Waals surface area (Å²) in [6, 6.07) is 6.77. The zero-order valence-corrected chi connectivity index (χ0v) is 11.3. The molecule has 1 aromatic carbocycles. The van der Waals surface area contributed by atoms with Gasteiger partial charge in [0.25, 0.3) is 0 Å². The predicted octanol–water partition coefficient (Wildman–Crippen LogP) is 3.51. The quantitative estimate of drug-likeness (QED) is 0.842. The van der Waals surface area contributed by atoms with Crippen molar-refractivity contribution in [2.24, 2.45) is 5.92 Å². The molecule has 1 heteroatoms. The summed E-state index contributed by atoms with van der Waals surface area (Å²) in [5.41, 5.74) is 3.76. The second-order valence-electron chi connectivity index (χ2n) is 5.75. The summed E-state index contributed by atoms with van der Waals surface area (Å²) in [5.74, 6) is 0.306. The highest BCUT2D eigenvalue weighted by molar-refractivity contribution is 5.35. The highest BCUT2D eigenvalue weighted by Gasteiger charge is 2.29. The van der Waals surface area contributed by atoms with Gasteiger partial charge in [-0.1, -0.05) is 39.0 Å². The molecule has 1 nitrogen and oxygen atoms in total. The van der Waals surface area contributed by atoms with Crippen LogP contribution in [0.5, 0.6) is 0 Å². The molecule has 17 heavy (non-hydrogen) atoms. The molecule has 1 unspecified atom stereocenters. The number of fused-ring (bicyclic) bond motifs is 1. The van der Waals surface area contributed by atoms with Crippen molar-refractivity contribution in [3.63, 3.8) is 0 Å². The first-order chi connectivity index (χ1) is 8.05. The van der Waals surface area contributed by atoms with Crippen LogP contribution in [0.1, 0.15) is 50.3 Å². The molecule has 0 heterocycles. The average Bonchev–Trinajstić information content (AvgIpc) is 2.75. The molecule has 0 radical (unpaired) electrons. The van der Waals surface area contributed by atoms with Gasteiger partial charge in [0.1, 0.15) is 0 Å². The summed E-state index contributed by atoms with van der Waals surface area (Å²) in [6.07, 6.45) is 5.35. The molecule has 1 N–H and O–H groups in total. The number of hydrogen-bond acceptors (Lipinski definition) is 1. The maximum absolute atomic E-state index is 10.6. The topological polar surface area (TPSA) is 20.2 Å². The second-order valence-corrected chi connectivity index (χ2v) is 5.75. The van der Waals surface area contributed by atoms with Crippen LogP contribution in [-0.2, 0) is 19.3 Å². The third kappa shape index (κ3) is 2.55. The summed E-state index contributed by atoms with van der Waals surface area (Å²) in [6.45, 7) is 6.29. The summed E-state index contributed by atoms with van der Waals surface area (Å²) >= 11 is 0. The van der Waals surface area contributed by atoms with E-state index in [1.165, 1.54) is 36.0 Å². The van der Waals surface area contributed by atoms with E-state index in [1.807, 2.05) is 0 Å². The first-order valence-electron chi connectivity index (χ1n) is 6.88. The van der Waals surface area contributed by atoms with E-state index in [0.29, 0.717) is 5.92 Å². The molecule has 94 valence electrons. The Labute approximate surface area is 105 Å². The molecule has 0 bridgehead atoms. The van der Waals surface area contributed by atoms with Crippen LogP contribution in [0.15, 0.2) is 18.2 Å². The molecule has 1 aliphatic carbocycles. The van der Waals surface area contributed by atoms with Crippen LogP contribution in [0.25, 0.3) is 0 Å². The Bertz CT molecular complexity index is 395. The second kappa shape index (κ2) is 4.81. The van der Waals surface area contributed by atoms with Crippen LogP contribution in [0.3, 0.4) is 0 Å². The van der Waals surface area contributed by atoms with E-state index in [1.54, 1.807) is 0 Å². The Morgan fingerprint density at radius 1 is 1.24 bits per heavy atom. The third-order valence-corrected chi connectivity index (χ3v) is 4.36. The van der Waals surface area contributed by atoms with Gasteiger partial charge in [-0.15, -0.1) is 0 Å². The van der Waals surface area contributed by atoms with E-state index in [0.717, 1.165) is 12.8 Å². The number of benzene rings is 1. The van der Waals surface area contributed by atoms with E-state index >= 15 is 0 Å². The molecule has 0 spiro atoms. The summed E-state index contributed by atoms with van der Waals surface area (Å²) < 4.78 is 0. The molecule has 1 atom stereocenters. The van der Waals surface area contributed by atoms with Gasteiger partial charge in [0.15, 0.2) is 0 Å². The van der Waals surface area contributed by atoms with Crippen molar-refractivity contribution in [2.45, 2.75) is 58.5 Å². The molecule has 0 amide bonds. The fraction of sp³-hybridized carbons (Fsp3) is 0.625. The van der Waals surface area contributed by atoms with Crippen molar-refractivity contribution in [1.82, 2.24) is 0 Å². The van der Waals surface area contributed by atoms with Crippen molar-refractivity contribution in [3.05, 3.63) is 34.9 Å². The lowest BCUT2D eigenvalue weighted by molar-refractivity contribution is -0.00829. The van der Waals surface area contributed by atoms with Crippen molar-refractivity contribution < 1.29 is 5.11 Å². The van der Waals surface area contributed by atoms with Crippen LogP contribution in [-0.4, -0.2) is 10.7 Å². The zero-order chi connectivity index (χ0) is 12.5. The molecule has 1 aromatic rings. The molecular formula is C16H24O. The standard InChI is InChI=1S/C16H24O/c1-4-16(17,12(2)3)11-13-8-9-14-6-5-7-15(14)10-13/h8-10,12,17H,4-7,11H2,1-3H3. The largest absolute Gasteiger partial charge is 0.389 e. The Balaban J connectivity index is 2.18. The number of hydrogen-bond donors (Lipinski definition) is 1. The fourth-order valence-electron chi connectivity index (χ4n) is 2.83. The van der Waals surface area contributed by atoms with Crippen LogP contribution in [0, 0.1) is 5.92 Å². The number of aryl methyl sites for hydroxylation is 2. The lowest BCUT2D eigenvalue weighted by Gasteiger charge is -2.31. The van der Waals surface area contributed by atoms with E-state index in [4.69, 9.17) is 0 Å². The van der Waals surface area contributed by atoms with Gasteiger partial charge in [0, 0.05) is 6.42 Å². The molecule has 0 aliphatic heterocycles. The van der Waals surface area contributed by atoms with Crippen LogP contribution >= 0.6 is 0 Å². The Kier molecular flexibility index (Phi) is 3.58. The molecule has 0 fully saturated rings. The average molecular weight is 232 g/mol. The minimum Gasteiger partial charge on any atom is -0.389 e. The molecule has 2 rings (SSSR count). The first-order valence-corrected chi connectivity index (χ1v) is 6.88. The van der Waals surface area contributed by atoms with Gasteiger partial charge in [-0.05, 0) is 48.3 Å². The van der Waals surface area contributed by atoms with Gasteiger partial charge in [0.05, 0.1) is 5.60 Å². The monoisotopic (exact) mass is 232 g/mol. The van der Waals surface area contributed by atoms with Crippen LogP contribution in [0.4, 0.5) is 0 Å². The summed E-state index contributed by atoms with van der Waals surface area (Å²) in [7, 11) is 0. The minimum atomic E-state index is -0.549. The maximum atomic E-state index is 10.6. The van der Waals surface area contributed by atoms with Crippen molar-refractivity contribution >= 4 is 0 Å². The zero-order valence-electron chi connectivity index (χ0n) is 11.3. The highest BCUT2D eigenvalue weighted by atomic mass is 16.3. The summed E-state index contributed by atoms with van der Waals surface area (Å²) in [4.78, 5) is 0. The van der Waals surface area contributed by atoms with Gasteiger partial charge >= 0.3 is 0 Å². The van der Waals surface area contributed by atoms with Crippen molar-refractivity contribution in [1.29, 1.82) is 0 Å². The lowest BCUT2D eigenvalue weighted by Crippen LogP contribution is -2.36. The van der Waals surface area contributed by atoms with E-state index in [9.17, 15) is 5.11 Å². The Morgan fingerprint density at radius 2 is 1.94 bits per heavy atom. The van der Waals surface area contributed by atoms with Gasteiger partial charge in [-0.25, -0.2) is 0 Å². The molecule has 1 aliphatic rings. The Hall–Kier alpha value is -0.820. The first kappa shape index (κ1) is 12.6. The molecular weight excluding hydrogens is 208 g/mol. The van der Waals surface area contributed by atoms with E-state index in [-0.39, 0.29) is 0 Å². The molecule has 0 saturated carbocycles. The molecule has 0 aromatic heterocycles. The third-order valence-electron chi connectivity index (χ3n) is 4.36. The smallest absolute Gasteiger partial charge is 0.0708 e.